The molecule has 1 rings (SSSR count). The van der Waals surface area contributed by atoms with Crippen LogP contribution in [0.3, 0.4) is 0 Å². The summed E-state index contributed by atoms with van der Waals surface area (Å²) in [5.74, 6) is 0.156. The molecule has 0 aliphatic heterocycles. The molecule has 0 aliphatic rings. The highest BCUT2D eigenvalue weighted by Crippen LogP contribution is 2.19. The van der Waals surface area contributed by atoms with Crippen molar-refractivity contribution in [3.05, 3.63) is 23.6 Å². The molecular formula is C12H17ClFNO. The fraction of sp³-hybridized carbons (Fsp3) is 0.583. The van der Waals surface area contributed by atoms with Gasteiger partial charge in [-0.15, -0.1) is 11.6 Å². The highest BCUT2D eigenvalue weighted by Gasteiger charge is 2.11. The Morgan fingerprint density at radius 3 is 2.94 bits per heavy atom. The molecule has 0 N–H and O–H groups in total. The lowest BCUT2D eigenvalue weighted by molar-refractivity contribution is 0.232. The fourth-order valence-electron chi connectivity index (χ4n) is 1.46. The monoisotopic (exact) mass is 245 g/mol. The molecule has 90 valence electrons. The van der Waals surface area contributed by atoms with Crippen LogP contribution < -0.4 is 4.74 Å². The van der Waals surface area contributed by atoms with Crippen LogP contribution in [0.25, 0.3) is 0 Å². The Morgan fingerprint density at radius 1 is 1.56 bits per heavy atom. The van der Waals surface area contributed by atoms with E-state index in [1.165, 1.54) is 6.20 Å². The van der Waals surface area contributed by atoms with E-state index in [4.69, 9.17) is 16.3 Å². The zero-order valence-corrected chi connectivity index (χ0v) is 10.4. The molecule has 1 heterocycles. The Hall–Kier alpha value is -0.830. The van der Waals surface area contributed by atoms with Crippen LogP contribution in [0.4, 0.5) is 4.39 Å². The summed E-state index contributed by atoms with van der Waals surface area (Å²) in [5, 5.41) is 0. The van der Waals surface area contributed by atoms with Crippen molar-refractivity contribution in [3.63, 3.8) is 0 Å². The molecule has 0 aliphatic carbocycles. The Morgan fingerprint density at radius 2 is 2.31 bits per heavy atom. The molecule has 0 saturated heterocycles. The number of rotatable bonds is 6. The summed E-state index contributed by atoms with van der Waals surface area (Å²) in [6, 6.07) is 1.56. The van der Waals surface area contributed by atoms with E-state index in [0.717, 1.165) is 12.8 Å². The standard InChI is InChI=1S/C12H17ClFNO/c1-3-4-9(2)8-16-12-11(14)10(7-13)5-6-15-12/h5-6,9H,3-4,7-8H2,1-2H3. The van der Waals surface area contributed by atoms with E-state index in [9.17, 15) is 4.39 Å². The number of halogens is 2. The maximum atomic E-state index is 13.6. The van der Waals surface area contributed by atoms with Gasteiger partial charge < -0.3 is 4.74 Å². The fourth-order valence-corrected chi connectivity index (χ4v) is 1.67. The first-order valence-electron chi connectivity index (χ1n) is 5.51. The van der Waals surface area contributed by atoms with Crippen molar-refractivity contribution in [3.8, 4) is 5.88 Å². The van der Waals surface area contributed by atoms with Crippen LogP contribution >= 0.6 is 11.6 Å². The Kier molecular flexibility index (Phi) is 5.53. The van der Waals surface area contributed by atoms with Gasteiger partial charge in [0.2, 0.25) is 0 Å². The molecule has 0 fully saturated rings. The first kappa shape index (κ1) is 13.2. The average molecular weight is 246 g/mol. The Labute approximate surface area is 101 Å². The predicted octanol–water partition coefficient (Wildman–Crippen LogP) is 3.77. The molecular weight excluding hydrogens is 229 g/mol. The van der Waals surface area contributed by atoms with Crippen molar-refractivity contribution >= 4 is 11.6 Å². The van der Waals surface area contributed by atoms with E-state index in [1.807, 2.05) is 0 Å². The maximum absolute atomic E-state index is 13.6. The van der Waals surface area contributed by atoms with Gasteiger partial charge in [0.05, 0.1) is 12.5 Å². The van der Waals surface area contributed by atoms with Gasteiger partial charge in [-0.05, 0) is 18.4 Å². The van der Waals surface area contributed by atoms with Crippen LogP contribution in [0, 0.1) is 11.7 Å². The molecule has 1 aromatic heterocycles. The van der Waals surface area contributed by atoms with E-state index in [2.05, 4.69) is 18.8 Å². The lowest BCUT2D eigenvalue weighted by Gasteiger charge is -2.12. The van der Waals surface area contributed by atoms with Crippen LogP contribution in [0.5, 0.6) is 5.88 Å². The van der Waals surface area contributed by atoms with Crippen molar-refractivity contribution < 1.29 is 9.13 Å². The lowest BCUT2D eigenvalue weighted by Crippen LogP contribution is -2.10. The minimum atomic E-state index is -0.443. The van der Waals surface area contributed by atoms with Crippen LogP contribution in [0.15, 0.2) is 12.3 Å². The van der Waals surface area contributed by atoms with Crippen LogP contribution in [-0.2, 0) is 5.88 Å². The lowest BCUT2D eigenvalue weighted by atomic mass is 10.1. The zero-order chi connectivity index (χ0) is 12.0. The second kappa shape index (κ2) is 6.69. The SMILES string of the molecule is CCCC(C)COc1nccc(CCl)c1F. The van der Waals surface area contributed by atoms with Gasteiger partial charge in [-0.3, -0.25) is 0 Å². The third kappa shape index (κ3) is 3.63. The summed E-state index contributed by atoms with van der Waals surface area (Å²) in [5.41, 5.74) is 0.426. The third-order valence-electron chi connectivity index (χ3n) is 2.37. The van der Waals surface area contributed by atoms with Crippen LogP contribution in [-0.4, -0.2) is 11.6 Å². The quantitative estimate of drug-likeness (QED) is 0.712. The number of ether oxygens (including phenoxy) is 1. The molecule has 1 aromatic rings. The molecule has 0 amide bonds. The minimum absolute atomic E-state index is 0.0566. The number of hydrogen-bond donors (Lipinski definition) is 0. The molecule has 1 atom stereocenters. The van der Waals surface area contributed by atoms with Gasteiger partial charge in [0.1, 0.15) is 0 Å². The van der Waals surface area contributed by atoms with E-state index in [1.54, 1.807) is 6.07 Å². The third-order valence-corrected chi connectivity index (χ3v) is 2.66. The second-order valence-electron chi connectivity index (χ2n) is 3.93. The van der Waals surface area contributed by atoms with Crippen molar-refractivity contribution in [2.24, 2.45) is 5.92 Å². The Bertz CT molecular complexity index is 333. The van der Waals surface area contributed by atoms with Gasteiger partial charge in [0, 0.05) is 11.8 Å². The molecule has 1 unspecified atom stereocenters. The number of pyridine rings is 1. The average Bonchev–Trinajstić information content (AvgIpc) is 2.28. The minimum Gasteiger partial charge on any atom is -0.475 e. The topological polar surface area (TPSA) is 22.1 Å². The van der Waals surface area contributed by atoms with Crippen molar-refractivity contribution in [1.82, 2.24) is 4.98 Å². The summed E-state index contributed by atoms with van der Waals surface area (Å²) in [6.45, 7) is 4.68. The summed E-state index contributed by atoms with van der Waals surface area (Å²) < 4.78 is 19.0. The summed E-state index contributed by atoms with van der Waals surface area (Å²) >= 11 is 5.59. The predicted molar refractivity (Wildman–Crippen MR) is 63.3 cm³/mol. The summed E-state index contributed by atoms with van der Waals surface area (Å²) in [4.78, 5) is 3.86. The molecule has 0 saturated carbocycles. The maximum Gasteiger partial charge on any atom is 0.250 e. The smallest absolute Gasteiger partial charge is 0.250 e. The molecule has 0 aromatic carbocycles. The van der Waals surface area contributed by atoms with Gasteiger partial charge in [-0.25, -0.2) is 9.37 Å². The second-order valence-corrected chi connectivity index (χ2v) is 4.19. The van der Waals surface area contributed by atoms with Gasteiger partial charge in [0.25, 0.3) is 5.88 Å². The van der Waals surface area contributed by atoms with Gasteiger partial charge >= 0.3 is 0 Å². The van der Waals surface area contributed by atoms with Crippen molar-refractivity contribution in [2.45, 2.75) is 32.6 Å². The molecule has 0 radical (unpaired) electrons. The number of hydrogen-bond acceptors (Lipinski definition) is 2. The molecule has 0 spiro atoms. The number of alkyl halides is 1. The van der Waals surface area contributed by atoms with Gasteiger partial charge in [-0.2, -0.15) is 0 Å². The van der Waals surface area contributed by atoms with Crippen molar-refractivity contribution in [2.75, 3.05) is 6.61 Å². The molecule has 0 bridgehead atoms. The first-order valence-corrected chi connectivity index (χ1v) is 6.04. The van der Waals surface area contributed by atoms with Crippen molar-refractivity contribution in [1.29, 1.82) is 0 Å². The number of aromatic nitrogens is 1. The van der Waals surface area contributed by atoms with E-state index < -0.39 is 5.82 Å². The molecule has 16 heavy (non-hydrogen) atoms. The first-order chi connectivity index (χ1) is 7.69. The van der Waals surface area contributed by atoms with E-state index in [-0.39, 0.29) is 11.8 Å². The Balaban J connectivity index is 2.60. The van der Waals surface area contributed by atoms with Gasteiger partial charge in [-0.1, -0.05) is 20.3 Å². The normalized spacial score (nSPS) is 12.5. The molecule has 4 heteroatoms. The summed E-state index contributed by atoms with van der Waals surface area (Å²) in [7, 11) is 0. The van der Waals surface area contributed by atoms with E-state index >= 15 is 0 Å². The number of nitrogens with zero attached hydrogens (tertiary/aromatic N) is 1. The van der Waals surface area contributed by atoms with Gasteiger partial charge in [0.15, 0.2) is 5.82 Å². The highest BCUT2D eigenvalue weighted by atomic mass is 35.5. The van der Waals surface area contributed by atoms with Crippen LogP contribution in [0.2, 0.25) is 0 Å². The zero-order valence-electron chi connectivity index (χ0n) is 9.67. The molecule has 2 nitrogen and oxygen atoms in total. The van der Waals surface area contributed by atoms with E-state index in [0.29, 0.717) is 18.1 Å². The largest absolute Gasteiger partial charge is 0.475 e. The highest BCUT2D eigenvalue weighted by molar-refractivity contribution is 6.17. The summed E-state index contributed by atoms with van der Waals surface area (Å²) in [6.07, 6.45) is 3.68. The van der Waals surface area contributed by atoms with Crippen LogP contribution in [0.1, 0.15) is 32.3 Å².